The number of carbonyl (C=O) groups is 3. The average Bonchev–Trinajstić information content (AvgIpc) is 3.17. The van der Waals surface area contributed by atoms with Crippen molar-refractivity contribution in [1.29, 1.82) is 0 Å². The van der Waals surface area contributed by atoms with E-state index in [4.69, 9.17) is 15.3 Å². The SMILES string of the molecule is O=C(O)c1cc(C(=O)O)cc(C(=O)O)c1.c1ccc(C2=NCCN2)cc1. The number of rotatable bonds is 4. The number of nitrogens with zero attached hydrogens (tertiary/aromatic N) is 1. The minimum Gasteiger partial charge on any atom is -0.478 e. The maximum absolute atomic E-state index is 10.6. The fourth-order valence-electron chi connectivity index (χ4n) is 2.19. The molecule has 0 aliphatic carbocycles. The van der Waals surface area contributed by atoms with Gasteiger partial charge in [0, 0.05) is 12.1 Å². The van der Waals surface area contributed by atoms with Crippen LogP contribution in [0.25, 0.3) is 0 Å². The molecule has 26 heavy (non-hydrogen) atoms. The highest BCUT2D eigenvalue weighted by Gasteiger charge is 2.14. The summed E-state index contributed by atoms with van der Waals surface area (Å²) in [5.74, 6) is -3.09. The molecule has 1 aliphatic rings. The molecule has 0 aromatic heterocycles. The van der Waals surface area contributed by atoms with Crippen molar-refractivity contribution in [3.63, 3.8) is 0 Å². The Morgan fingerprint density at radius 2 is 1.27 bits per heavy atom. The van der Waals surface area contributed by atoms with Crippen LogP contribution in [0, 0.1) is 0 Å². The Balaban J connectivity index is 0.000000195. The quantitative estimate of drug-likeness (QED) is 0.656. The maximum atomic E-state index is 10.6. The van der Waals surface area contributed by atoms with E-state index in [2.05, 4.69) is 22.4 Å². The molecule has 1 heterocycles. The van der Waals surface area contributed by atoms with Gasteiger partial charge in [-0.2, -0.15) is 0 Å². The third kappa shape index (κ3) is 4.91. The molecule has 0 atom stereocenters. The van der Waals surface area contributed by atoms with Crippen LogP contribution in [0.5, 0.6) is 0 Å². The lowest BCUT2D eigenvalue weighted by molar-refractivity contribution is 0.0696. The second-order valence-electron chi connectivity index (χ2n) is 5.24. The molecule has 0 unspecified atom stereocenters. The lowest BCUT2D eigenvalue weighted by atomic mass is 10.1. The van der Waals surface area contributed by atoms with Crippen LogP contribution in [0.15, 0.2) is 53.5 Å². The Labute approximate surface area is 148 Å². The number of aromatic carboxylic acids is 3. The number of hydrogen-bond acceptors (Lipinski definition) is 5. The summed E-state index contributed by atoms with van der Waals surface area (Å²) < 4.78 is 0. The number of carboxylic acid groups (broad SMARTS) is 3. The molecular weight excluding hydrogens is 340 g/mol. The molecule has 0 saturated carbocycles. The number of hydrogen-bond donors (Lipinski definition) is 4. The second kappa shape index (κ2) is 8.43. The highest BCUT2D eigenvalue weighted by molar-refractivity contribution is 6.00. The number of nitrogens with one attached hydrogen (secondary N) is 1. The van der Waals surface area contributed by atoms with E-state index in [-0.39, 0.29) is 16.7 Å². The molecule has 0 radical (unpaired) electrons. The highest BCUT2D eigenvalue weighted by atomic mass is 16.4. The molecule has 2 aromatic rings. The predicted octanol–water partition coefficient (Wildman–Crippen LogP) is 1.82. The number of amidine groups is 1. The van der Waals surface area contributed by atoms with Gasteiger partial charge in [-0.1, -0.05) is 30.3 Å². The summed E-state index contributed by atoms with van der Waals surface area (Å²) in [5, 5.41) is 29.1. The van der Waals surface area contributed by atoms with E-state index in [1.54, 1.807) is 0 Å². The van der Waals surface area contributed by atoms with Crippen molar-refractivity contribution in [2.24, 2.45) is 4.99 Å². The zero-order valence-electron chi connectivity index (χ0n) is 13.5. The number of aliphatic imine (C=N–C) groups is 1. The van der Waals surface area contributed by atoms with Gasteiger partial charge in [-0.3, -0.25) is 4.99 Å². The van der Waals surface area contributed by atoms with Crippen molar-refractivity contribution >= 4 is 23.7 Å². The monoisotopic (exact) mass is 356 g/mol. The van der Waals surface area contributed by atoms with Gasteiger partial charge in [0.15, 0.2) is 0 Å². The fourth-order valence-corrected chi connectivity index (χ4v) is 2.19. The Hall–Kier alpha value is -3.68. The van der Waals surface area contributed by atoms with Gasteiger partial charge < -0.3 is 20.6 Å². The van der Waals surface area contributed by atoms with E-state index in [9.17, 15) is 14.4 Å². The molecule has 0 spiro atoms. The van der Waals surface area contributed by atoms with Gasteiger partial charge in [-0.25, -0.2) is 14.4 Å². The molecular formula is C18H16N2O6. The lowest BCUT2D eigenvalue weighted by Crippen LogP contribution is -2.19. The van der Waals surface area contributed by atoms with Crippen LogP contribution >= 0.6 is 0 Å². The van der Waals surface area contributed by atoms with Crippen LogP contribution in [0.1, 0.15) is 36.6 Å². The third-order valence-corrected chi connectivity index (χ3v) is 3.40. The molecule has 0 amide bonds. The molecule has 8 nitrogen and oxygen atoms in total. The number of benzene rings is 2. The molecule has 3 rings (SSSR count). The van der Waals surface area contributed by atoms with Gasteiger partial charge in [0.25, 0.3) is 0 Å². The summed E-state index contributed by atoms with van der Waals surface area (Å²) in [7, 11) is 0. The zero-order valence-corrected chi connectivity index (χ0v) is 13.5. The Morgan fingerprint density at radius 1 is 0.808 bits per heavy atom. The van der Waals surface area contributed by atoms with E-state index in [1.807, 2.05) is 18.2 Å². The van der Waals surface area contributed by atoms with Crippen molar-refractivity contribution in [2.45, 2.75) is 0 Å². The summed E-state index contributed by atoms with van der Waals surface area (Å²) in [6.45, 7) is 1.88. The highest BCUT2D eigenvalue weighted by Crippen LogP contribution is 2.11. The standard InChI is InChI=1S/C9H10N2.C9H6O6/c1-2-4-8(5-3-1)9-10-6-7-11-9;10-7(11)4-1-5(8(12)13)3-6(2-4)9(14)15/h1-5H,6-7H2,(H,10,11);1-3H,(H,10,11)(H,12,13)(H,14,15). The van der Waals surface area contributed by atoms with Gasteiger partial charge in [-0.05, 0) is 18.2 Å². The molecule has 1 aliphatic heterocycles. The van der Waals surface area contributed by atoms with E-state index in [0.29, 0.717) is 0 Å². The summed E-state index contributed by atoms with van der Waals surface area (Å²) >= 11 is 0. The summed E-state index contributed by atoms with van der Waals surface area (Å²) in [6.07, 6.45) is 0. The fraction of sp³-hybridized carbons (Fsp3) is 0.111. The van der Waals surface area contributed by atoms with Crippen molar-refractivity contribution < 1.29 is 29.7 Å². The van der Waals surface area contributed by atoms with Crippen LogP contribution in [0.2, 0.25) is 0 Å². The van der Waals surface area contributed by atoms with Gasteiger partial charge in [0.1, 0.15) is 5.84 Å². The van der Waals surface area contributed by atoms with E-state index in [1.165, 1.54) is 5.56 Å². The average molecular weight is 356 g/mol. The van der Waals surface area contributed by atoms with Crippen LogP contribution < -0.4 is 5.32 Å². The zero-order chi connectivity index (χ0) is 19.1. The van der Waals surface area contributed by atoms with Gasteiger partial charge in [0.2, 0.25) is 0 Å². The Morgan fingerprint density at radius 3 is 1.62 bits per heavy atom. The van der Waals surface area contributed by atoms with Crippen molar-refractivity contribution in [1.82, 2.24) is 5.32 Å². The summed E-state index contributed by atoms with van der Waals surface area (Å²) in [6, 6.07) is 12.9. The first-order valence-corrected chi connectivity index (χ1v) is 7.57. The van der Waals surface area contributed by atoms with Gasteiger partial charge >= 0.3 is 17.9 Å². The first kappa shape index (κ1) is 18.7. The van der Waals surface area contributed by atoms with E-state index in [0.717, 1.165) is 37.1 Å². The summed E-state index contributed by atoms with van der Waals surface area (Å²) in [5.41, 5.74) is 0.0805. The molecule has 0 fully saturated rings. The minimum atomic E-state index is -1.37. The second-order valence-corrected chi connectivity index (χ2v) is 5.24. The topological polar surface area (TPSA) is 136 Å². The first-order valence-electron chi connectivity index (χ1n) is 7.57. The molecule has 8 heteroatoms. The van der Waals surface area contributed by atoms with Crippen LogP contribution in [0.4, 0.5) is 0 Å². The Bertz CT molecular complexity index is 782. The van der Waals surface area contributed by atoms with Crippen LogP contribution in [-0.2, 0) is 0 Å². The van der Waals surface area contributed by atoms with Gasteiger partial charge in [0.05, 0.1) is 23.2 Å². The predicted molar refractivity (Wildman–Crippen MR) is 93.2 cm³/mol. The number of carboxylic acids is 3. The van der Waals surface area contributed by atoms with E-state index < -0.39 is 17.9 Å². The van der Waals surface area contributed by atoms with Crippen LogP contribution in [-0.4, -0.2) is 52.2 Å². The molecule has 2 aromatic carbocycles. The van der Waals surface area contributed by atoms with Crippen molar-refractivity contribution in [2.75, 3.05) is 13.1 Å². The van der Waals surface area contributed by atoms with Crippen LogP contribution in [0.3, 0.4) is 0 Å². The smallest absolute Gasteiger partial charge is 0.335 e. The first-order chi connectivity index (χ1) is 12.4. The normalized spacial score (nSPS) is 12.2. The van der Waals surface area contributed by atoms with Crippen molar-refractivity contribution in [3.05, 3.63) is 70.8 Å². The maximum Gasteiger partial charge on any atom is 0.335 e. The largest absolute Gasteiger partial charge is 0.478 e. The molecule has 4 N–H and O–H groups in total. The summed E-state index contributed by atoms with van der Waals surface area (Å²) in [4.78, 5) is 36.0. The molecule has 0 saturated heterocycles. The third-order valence-electron chi connectivity index (χ3n) is 3.40. The molecule has 0 bridgehead atoms. The molecule has 134 valence electrons. The van der Waals surface area contributed by atoms with E-state index >= 15 is 0 Å². The van der Waals surface area contributed by atoms with Gasteiger partial charge in [-0.15, -0.1) is 0 Å². The Kier molecular flexibility index (Phi) is 6.05. The minimum absolute atomic E-state index is 0.368. The lowest BCUT2D eigenvalue weighted by Gasteiger charge is -2.00. The van der Waals surface area contributed by atoms with Crippen molar-refractivity contribution in [3.8, 4) is 0 Å².